The molecule has 1 unspecified atom stereocenters. The van der Waals surface area contributed by atoms with Crippen LogP contribution < -0.4 is 5.32 Å². The standard InChI is InChI=1S/C10H18N4O/c1-8(6-11-2)10(15)14(3)7-9-12-4-5-13-9/h4-5,8,11H,6-7H2,1-3H3,(H,12,13). The van der Waals surface area contributed by atoms with Gasteiger partial charge in [0.15, 0.2) is 0 Å². The maximum Gasteiger partial charge on any atom is 0.226 e. The zero-order chi connectivity index (χ0) is 11.3. The second kappa shape index (κ2) is 5.50. The van der Waals surface area contributed by atoms with Gasteiger partial charge in [-0.25, -0.2) is 4.98 Å². The molecule has 0 bridgehead atoms. The summed E-state index contributed by atoms with van der Waals surface area (Å²) in [5.74, 6) is 0.929. The van der Waals surface area contributed by atoms with Crippen molar-refractivity contribution in [3.05, 3.63) is 18.2 Å². The first-order chi connectivity index (χ1) is 7.15. The topological polar surface area (TPSA) is 61.0 Å². The largest absolute Gasteiger partial charge is 0.347 e. The highest BCUT2D eigenvalue weighted by Gasteiger charge is 2.17. The van der Waals surface area contributed by atoms with E-state index >= 15 is 0 Å². The third-order valence-corrected chi connectivity index (χ3v) is 2.25. The first-order valence-corrected chi connectivity index (χ1v) is 5.03. The minimum absolute atomic E-state index is 0.00466. The molecular formula is C10H18N4O. The predicted octanol–water partition coefficient (Wildman–Crippen LogP) is 0.224. The summed E-state index contributed by atoms with van der Waals surface area (Å²) >= 11 is 0. The van der Waals surface area contributed by atoms with E-state index in [1.165, 1.54) is 0 Å². The molecule has 0 spiro atoms. The molecule has 0 fully saturated rings. The lowest BCUT2D eigenvalue weighted by Crippen LogP contribution is -2.35. The van der Waals surface area contributed by atoms with Crippen molar-refractivity contribution in [2.75, 3.05) is 20.6 Å². The molecule has 5 nitrogen and oxygen atoms in total. The predicted molar refractivity (Wildman–Crippen MR) is 58.2 cm³/mol. The summed E-state index contributed by atoms with van der Waals surface area (Å²) < 4.78 is 0. The molecule has 0 aliphatic carbocycles. The quantitative estimate of drug-likeness (QED) is 0.731. The molecule has 15 heavy (non-hydrogen) atoms. The number of amides is 1. The minimum atomic E-state index is -0.00466. The molecule has 0 aliphatic heterocycles. The molecule has 1 atom stereocenters. The summed E-state index contributed by atoms with van der Waals surface area (Å²) in [6.07, 6.45) is 3.44. The lowest BCUT2D eigenvalue weighted by molar-refractivity contribution is -0.134. The number of nitrogens with zero attached hydrogens (tertiary/aromatic N) is 2. The number of carbonyl (C=O) groups is 1. The molecule has 0 saturated heterocycles. The summed E-state index contributed by atoms with van der Waals surface area (Å²) in [5, 5.41) is 2.99. The van der Waals surface area contributed by atoms with E-state index in [1.54, 1.807) is 24.3 Å². The Balaban J connectivity index is 2.46. The number of hydrogen-bond donors (Lipinski definition) is 2. The smallest absolute Gasteiger partial charge is 0.226 e. The molecule has 0 aromatic carbocycles. The van der Waals surface area contributed by atoms with Crippen LogP contribution in [0.2, 0.25) is 0 Å². The van der Waals surface area contributed by atoms with Crippen molar-refractivity contribution >= 4 is 5.91 Å². The average Bonchev–Trinajstić information content (AvgIpc) is 2.69. The van der Waals surface area contributed by atoms with Gasteiger partial charge in [0.2, 0.25) is 5.91 Å². The van der Waals surface area contributed by atoms with Crippen molar-refractivity contribution < 1.29 is 4.79 Å². The molecule has 1 aromatic heterocycles. The molecular weight excluding hydrogens is 192 g/mol. The van der Waals surface area contributed by atoms with Crippen LogP contribution in [0.15, 0.2) is 12.4 Å². The third-order valence-electron chi connectivity index (χ3n) is 2.25. The summed E-state index contributed by atoms with van der Waals surface area (Å²) in [4.78, 5) is 20.5. The van der Waals surface area contributed by atoms with Crippen LogP contribution in [-0.4, -0.2) is 41.4 Å². The van der Waals surface area contributed by atoms with Gasteiger partial charge in [0.1, 0.15) is 5.82 Å². The number of carbonyl (C=O) groups excluding carboxylic acids is 1. The molecule has 0 saturated carbocycles. The van der Waals surface area contributed by atoms with E-state index in [-0.39, 0.29) is 11.8 Å². The second-order valence-corrected chi connectivity index (χ2v) is 3.69. The van der Waals surface area contributed by atoms with Gasteiger partial charge in [0, 0.05) is 31.9 Å². The van der Waals surface area contributed by atoms with Crippen LogP contribution in [0.25, 0.3) is 0 Å². The van der Waals surface area contributed by atoms with Crippen LogP contribution in [0, 0.1) is 5.92 Å². The van der Waals surface area contributed by atoms with Crippen molar-refractivity contribution in [1.29, 1.82) is 0 Å². The number of hydrogen-bond acceptors (Lipinski definition) is 3. The lowest BCUT2D eigenvalue weighted by atomic mass is 10.1. The highest BCUT2D eigenvalue weighted by Crippen LogP contribution is 2.03. The normalized spacial score (nSPS) is 12.5. The highest BCUT2D eigenvalue weighted by atomic mass is 16.2. The monoisotopic (exact) mass is 210 g/mol. The highest BCUT2D eigenvalue weighted by molar-refractivity contribution is 5.78. The van der Waals surface area contributed by atoms with E-state index in [9.17, 15) is 4.79 Å². The second-order valence-electron chi connectivity index (χ2n) is 3.69. The van der Waals surface area contributed by atoms with Gasteiger partial charge >= 0.3 is 0 Å². The van der Waals surface area contributed by atoms with E-state index in [0.717, 1.165) is 5.82 Å². The molecule has 1 aromatic rings. The Morgan fingerprint density at radius 3 is 3.00 bits per heavy atom. The average molecular weight is 210 g/mol. The van der Waals surface area contributed by atoms with Crippen LogP contribution in [0.4, 0.5) is 0 Å². The fraction of sp³-hybridized carbons (Fsp3) is 0.600. The number of imidazole rings is 1. The van der Waals surface area contributed by atoms with E-state index in [0.29, 0.717) is 13.1 Å². The zero-order valence-corrected chi connectivity index (χ0v) is 9.45. The van der Waals surface area contributed by atoms with Crippen molar-refractivity contribution in [3.8, 4) is 0 Å². The van der Waals surface area contributed by atoms with Gasteiger partial charge in [-0.05, 0) is 7.05 Å². The van der Waals surface area contributed by atoms with E-state index in [2.05, 4.69) is 15.3 Å². The Hall–Kier alpha value is -1.36. The van der Waals surface area contributed by atoms with Crippen molar-refractivity contribution in [3.63, 3.8) is 0 Å². The van der Waals surface area contributed by atoms with Crippen molar-refractivity contribution in [2.45, 2.75) is 13.5 Å². The Morgan fingerprint density at radius 2 is 2.47 bits per heavy atom. The molecule has 1 amide bonds. The SMILES string of the molecule is CNCC(C)C(=O)N(C)Cc1ncc[nH]1. The maximum absolute atomic E-state index is 11.8. The lowest BCUT2D eigenvalue weighted by Gasteiger charge is -2.20. The molecule has 84 valence electrons. The van der Waals surface area contributed by atoms with Crippen LogP contribution in [0.3, 0.4) is 0 Å². The van der Waals surface area contributed by atoms with E-state index < -0.39 is 0 Å². The number of nitrogens with one attached hydrogen (secondary N) is 2. The Morgan fingerprint density at radius 1 is 1.73 bits per heavy atom. The molecule has 2 N–H and O–H groups in total. The maximum atomic E-state index is 11.8. The first kappa shape index (κ1) is 11.7. The summed E-state index contributed by atoms with van der Waals surface area (Å²) in [7, 11) is 3.63. The van der Waals surface area contributed by atoms with Crippen molar-refractivity contribution in [2.24, 2.45) is 5.92 Å². The molecule has 0 radical (unpaired) electrons. The zero-order valence-electron chi connectivity index (χ0n) is 9.45. The summed E-state index contributed by atoms with van der Waals surface area (Å²) in [6.45, 7) is 3.14. The fourth-order valence-corrected chi connectivity index (χ4v) is 1.46. The van der Waals surface area contributed by atoms with Gasteiger partial charge < -0.3 is 15.2 Å². The Labute approximate surface area is 89.9 Å². The number of rotatable bonds is 5. The Bertz CT molecular complexity index is 296. The van der Waals surface area contributed by atoms with Gasteiger partial charge in [0.25, 0.3) is 0 Å². The Kier molecular flexibility index (Phi) is 4.30. The molecule has 1 heterocycles. The van der Waals surface area contributed by atoms with Gasteiger partial charge in [-0.1, -0.05) is 6.92 Å². The first-order valence-electron chi connectivity index (χ1n) is 5.03. The minimum Gasteiger partial charge on any atom is -0.347 e. The molecule has 1 rings (SSSR count). The molecule has 5 heteroatoms. The van der Waals surface area contributed by atoms with Crippen LogP contribution >= 0.6 is 0 Å². The van der Waals surface area contributed by atoms with Gasteiger partial charge in [0.05, 0.1) is 6.54 Å². The van der Waals surface area contributed by atoms with Gasteiger partial charge in [-0.15, -0.1) is 0 Å². The summed E-state index contributed by atoms with van der Waals surface area (Å²) in [5.41, 5.74) is 0. The van der Waals surface area contributed by atoms with Crippen LogP contribution in [-0.2, 0) is 11.3 Å². The van der Waals surface area contributed by atoms with E-state index in [1.807, 2.05) is 14.0 Å². The number of aromatic nitrogens is 2. The number of aromatic amines is 1. The number of H-pyrrole nitrogens is 1. The summed E-state index contributed by atoms with van der Waals surface area (Å²) in [6, 6.07) is 0. The fourth-order valence-electron chi connectivity index (χ4n) is 1.46. The van der Waals surface area contributed by atoms with E-state index in [4.69, 9.17) is 0 Å². The van der Waals surface area contributed by atoms with Crippen LogP contribution in [0.5, 0.6) is 0 Å². The van der Waals surface area contributed by atoms with Crippen molar-refractivity contribution in [1.82, 2.24) is 20.2 Å². The van der Waals surface area contributed by atoms with Gasteiger partial charge in [-0.2, -0.15) is 0 Å². The third kappa shape index (κ3) is 3.36. The van der Waals surface area contributed by atoms with Crippen LogP contribution in [0.1, 0.15) is 12.7 Å². The van der Waals surface area contributed by atoms with Gasteiger partial charge in [-0.3, -0.25) is 4.79 Å². The molecule has 0 aliphatic rings.